The van der Waals surface area contributed by atoms with Gasteiger partial charge in [-0.3, -0.25) is 9.59 Å². The van der Waals surface area contributed by atoms with E-state index in [-0.39, 0.29) is 23.8 Å². The number of benzene rings is 1. The molecule has 2 amide bonds. The summed E-state index contributed by atoms with van der Waals surface area (Å²) in [6.07, 6.45) is 5.86. The van der Waals surface area contributed by atoms with E-state index in [4.69, 9.17) is 5.73 Å². The largest absolute Gasteiger partial charge is 0.356 e. The van der Waals surface area contributed by atoms with Crippen LogP contribution < -0.4 is 16.0 Å². The second kappa shape index (κ2) is 7.79. The van der Waals surface area contributed by atoms with Crippen LogP contribution in [0.3, 0.4) is 0 Å². The Morgan fingerprint density at radius 2 is 2.08 bits per heavy atom. The molecule has 2 atom stereocenters. The lowest BCUT2D eigenvalue weighted by Crippen LogP contribution is -2.38. The standard InChI is InChI=1S/C19H27N3O2/c20-16-7-3-6-15(13-16)19(24)21-11-4-9-18(23)22-12-10-14-5-1-2-8-17(14)22/h1-2,5,8,15-16H,3-4,6-7,9-13,20H2,(H,21,24). The number of hydrogen-bond acceptors (Lipinski definition) is 3. The Morgan fingerprint density at radius 1 is 1.25 bits per heavy atom. The number of nitrogens with zero attached hydrogens (tertiary/aromatic N) is 1. The summed E-state index contributed by atoms with van der Waals surface area (Å²) in [6, 6.07) is 8.23. The number of anilines is 1. The van der Waals surface area contributed by atoms with Crippen molar-refractivity contribution < 1.29 is 9.59 Å². The van der Waals surface area contributed by atoms with Crippen molar-refractivity contribution in [1.29, 1.82) is 0 Å². The van der Waals surface area contributed by atoms with E-state index in [0.29, 0.717) is 19.4 Å². The molecule has 130 valence electrons. The summed E-state index contributed by atoms with van der Waals surface area (Å²) in [5.74, 6) is 0.299. The maximum Gasteiger partial charge on any atom is 0.227 e. The van der Waals surface area contributed by atoms with Crippen LogP contribution in [0.5, 0.6) is 0 Å². The van der Waals surface area contributed by atoms with E-state index < -0.39 is 0 Å². The first-order valence-corrected chi connectivity index (χ1v) is 9.06. The summed E-state index contributed by atoms with van der Waals surface area (Å²) in [6.45, 7) is 1.33. The van der Waals surface area contributed by atoms with Crippen LogP contribution in [0.25, 0.3) is 0 Å². The molecule has 0 saturated heterocycles. The molecule has 1 aliphatic carbocycles. The number of hydrogen-bond donors (Lipinski definition) is 2. The molecule has 0 bridgehead atoms. The predicted octanol–water partition coefficient (Wildman–Crippen LogP) is 1.99. The molecule has 1 aromatic carbocycles. The summed E-state index contributed by atoms with van der Waals surface area (Å²) in [7, 11) is 0. The zero-order valence-electron chi connectivity index (χ0n) is 14.2. The summed E-state index contributed by atoms with van der Waals surface area (Å²) < 4.78 is 0. The lowest BCUT2D eigenvalue weighted by molar-refractivity contribution is -0.126. The van der Waals surface area contributed by atoms with E-state index in [1.807, 2.05) is 23.1 Å². The Labute approximate surface area is 143 Å². The van der Waals surface area contributed by atoms with Crippen molar-refractivity contribution in [3.63, 3.8) is 0 Å². The molecule has 3 N–H and O–H groups in total. The molecular formula is C19H27N3O2. The van der Waals surface area contributed by atoms with Gasteiger partial charge in [-0.15, -0.1) is 0 Å². The molecule has 0 aromatic heterocycles. The molecule has 1 fully saturated rings. The molecule has 1 saturated carbocycles. The predicted molar refractivity (Wildman–Crippen MR) is 94.7 cm³/mol. The van der Waals surface area contributed by atoms with Crippen LogP contribution in [0.1, 0.15) is 44.1 Å². The van der Waals surface area contributed by atoms with Crippen molar-refractivity contribution in [2.45, 2.75) is 51.0 Å². The van der Waals surface area contributed by atoms with E-state index in [1.54, 1.807) is 0 Å². The average Bonchev–Trinajstić information content (AvgIpc) is 3.02. The minimum Gasteiger partial charge on any atom is -0.356 e. The first-order valence-electron chi connectivity index (χ1n) is 9.06. The first-order chi connectivity index (χ1) is 11.6. The number of carbonyl (C=O) groups is 2. The van der Waals surface area contributed by atoms with Gasteiger partial charge >= 0.3 is 0 Å². The van der Waals surface area contributed by atoms with E-state index in [2.05, 4.69) is 11.4 Å². The van der Waals surface area contributed by atoms with Gasteiger partial charge in [0.2, 0.25) is 11.8 Å². The Morgan fingerprint density at radius 3 is 2.92 bits per heavy atom. The molecule has 5 heteroatoms. The van der Waals surface area contributed by atoms with Gasteiger partial charge in [-0.05, 0) is 43.7 Å². The molecule has 1 aromatic rings. The second-order valence-corrected chi connectivity index (χ2v) is 6.94. The van der Waals surface area contributed by atoms with Crippen LogP contribution in [0, 0.1) is 5.92 Å². The molecule has 2 aliphatic rings. The van der Waals surface area contributed by atoms with Gasteiger partial charge in [-0.1, -0.05) is 24.6 Å². The van der Waals surface area contributed by atoms with Crippen molar-refractivity contribution in [2.75, 3.05) is 18.0 Å². The fourth-order valence-corrected chi connectivity index (χ4v) is 3.79. The van der Waals surface area contributed by atoms with Crippen LogP contribution in [0.2, 0.25) is 0 Å². The van der Waals surface area contributed by atoms with Crippen LogP contribution in [0.4, 0.5) is 5.69 Å². The number of fused-ring (bicyclic) bond motifs is 1. The highest BCUT2D eigenvalue weighted by atomic mass is 16.2. The van der Waals surface area contributed by atoms with Crippen LogP contribution >= 0.6 is 0 Å². The average molecular weight is 329 g/mol. The van der Waals surface area contributed by atoms with Crippen LogP contribution in [-0.2, 0) is 16.0 Å². The maximum atomic E-state index is 12.4. The summed E-state index contributed by atoms with van der Waals surface area (Å²) >= 11 is 0. The van der Waals surface area contributed by atoms with Crippen molar-refractivity contribution in [3.05, 3.63) is 29.8 Å². The van der Waals surface area contributed by atoms with Crippen LogP contribution in [-0.4, -0.2) is 30.9 Å². The summed E-state index contributed by atoms with van der Waals surface area (Å²) in [5, 5.41) is 2.97. The lowest BCUT2D eigenvalue weighted by Gasteiger charge is -2.25. The highest BCUT2D eigenvalue weighted by Gasteiger charge is 2.26. The number of nitrogens with one attached hydrogen (secondary N) is 1. The van der Waals surface area contributed by atoms with Gasteiger partial charge in [-0.2, -0.15) is 0 Å². The normalized spacial score (nSPS) is 23.0. The number of amides is 2. The van der Waals surface area contributed by atoms with Crippen LogP contribution in [0.15, 0.2) is 24.3 Å². The maximum absolute atomic E-state index is 12.4. The molecule has 2 unspecified atom stereocenters. The van der Waals surface area contributed by atoms with Gasteiger partial charge in [0.25, 0.3) is 0 Å². The monoisotopic (exact) mass is 329 g/mol. The zero-order chi connectivity index (χ0) is 16.9. The molecule has 1 heterocycles. The summed E-state index contributed by atoms with van der Waals surface area (Å²) in [4.78, 5) is 26.4. The molecule has 24 heavy (non-hydrogen) atoms. The number of carbonyl (C=O) groups excluding carboxylic acids is 2. The van der Waals surface area contributed by atoms with Gasteiger partial charge in [0.15, 0.2) is 0 Å². The SMILES string of the molecule is NC1CCCC(C(=O)NCCCC(=O)N2CCc3ccccc32)C1. The van der Waals surface area contributed by atoms with Crippen molar-refractivity contribution >= 4 is 17.5 Å². The lowest BCUT2D eigenvalue weighted by atomic mass is 9.85. The molecule has 0 spiro atoms. The van der Waals surface area contributed by atoms with E-state index in [9.17, 15) is 9.59 Å². The van der Waals surface area contributed by atoms with Gasteiger partial charge in [0.05, 0.1) is 0 Å². The molecular weight excluding hydrogens is 302 g/mol. The Bertz CT molecular complexity index is 602. The highest BCUT2D eigenvalue weighted by molar-refractivity contribution is 5.95. The van der Waals surface area contributed by atoms with Gasteiger partial charge < -0.3 is 16.0 Å². The quantitative estimate of drug-likeness (QED) is 0.811. The third-order valence-corrected chi connectivity index (χ3v) is 5.14. The molecule has 1 aliphatic heterocycles. The first kappa shape index (κ1) is 17.0. The number of rotatable bonds is 5. The number of para-hydroxylation sites is 1. The fourth-order valence-electron chi connectivity index (χ4n) is 3.79. The van der Waals surface area contributed by atoms with Gasteiger partial charge in [0, 0.05) is 37.2 Å². The third kappa shape index (κ3) is 3.96. The summed E-state index contributed by atoms with van der Waals surface area (Å²) in [5.41, 5.74) is 8.22. The van der Waals surface area contributed by atoms with E-state index in [1.165, 1.54) is 5.56 Å². The van der Waals surface area contributed by atoms with Gasteiger partial charge in [-0.25, -0.2) is 0 Å². The Balaban J connectivity index is 1.39. The third-order valence-electron chi connectivity index (χ3n) is 5.14. The topological polar surface area (TPSA) is 75.4 Å². The van der Waals surface area contributed by atoms with E-state index >= 15 is 0 Å². The second-order valence-electron chi connectivity index (χ2n) is 6.94. The Kier molecular flexibility index (Phi) is 5.51. The highest BCUT2D eigenvalue weighted by Crippen LogP contribution is 2.28. The van der Waals surface area contributed by atoms with Crippen molar-refractivity contribution in [3.8, 4) is 0 Å². The zero-order valence-corrected chi connectivity index (χ0v) is 14.2. The van der Waals surface area contributed by atoms with Crippen molar-refractivity contribution in [2.24, 2.45) is 11.7 Å². The van der Waals surface area contributed by atoms with E-state index in [0.717, 1.165) is 44.3 Å². The molecule has 3 rings (SSSR count). The smallest absolute Gasteiger partial charge is 0.227 e. The Hall–Kier alpha value is -1.88. The number of nitrogens with two attached hydrogens (primary N) is 1. The van der Waals surface area contributed by atoms with Crippen molar-refractivity contribution in [1.82, 2.24) is 5.32 Å². The molecule has 0 radical (unpaired) electrons. The minimum absolute atomic E-state index is 0.0508. The molecule has 5 nitrogen and oxygen atoms in total. The fraction of sp³-hybridized carbons (Fsp3) is 0.579. The van der Waals surface area contributed by atoms with Gasteiger partial charge in [0.1, 0.15) is 0 Å². The minimum atomic E-state index is 0.0508.